The van der Waals surface area contributed by atoms with Gasteiger partial charge >= 0.3 is 0 Å². The van der Waals surface area contributed by atoms with Crippen LogP contribution in [0.2, 0.25) is 0 Å². The van der Waals surface area contributed by atoms with Gasteiger partial charge in [0.1, 0.15) is 0 Å². The molecular weight excluding hydrogens is 300 g/mol. The van der Waals surface area contributed by atoms with E-state index in [-0.39, 0.29) is 5.91 Å². The molecule has 1 aromatic heterocycles. The fourth-order valence-corrected chi connectivity index (χ4v) is 2.22. The first-order chi connectivity index (χ1) is 11.8. The molecule has 3 aromatic rings. The van der Waals surface area contributed by atoms with E-state index in [0.717, 1.165) is 11.3 Å². The summed E-state index contributed by atoms with van der Waals surface area (Å²) in [6.07, 6.45) is 3.10. The number of amides is 1. The molecule has 120 valence electrons. The van der Waals surface area contributed by atoms with Gasteiger partial charge in [-0.2, -0.15) is 0 Å². The van der Waals surface area contributed by atoms with Gasteiger partial charge in [-0.15, -0.1) is 0 Å². The average molecular weight is 318 g/mol. The standard InChI is InChI=1S/C19H18N4O/c24-19(21-12-11-20-17-9-5-2-6-10-17)16-13-22-18(23-14-16)15-7-3-1-4-8-15/h1-10,13-14,20H,11-12H2,(H,21,24). The third kappa shape index (κ3) is 4.16. The number of carbonyl (C=O) groups excluding carboxylic acids is 1. The van der Waals surface area contributed by atoms with Crippen molar-refractivity contribution in [1.29, 1.82) is 0 Å². The number of hydrogen-bond acceptors (Lipinski definition) is 4. The van der Waals surface area contributed by atoms with Crippen molar-refractivity contribution in [1.82, 2.24) is 15.3 Å². The number of hydrogen-bond donors (Lipinski definition) is 2. The second-order valence-corrected chi connectivity index (χ2v) is 5.21. The maximum Gasteiger partial charge on any atom is 0.254 e. The molecule has 5 nitrogen and oxygen atoms in total. The zero-order valence-electron chi connectivity index (χ0n) is 13.1. The fraction of sp³-hybridized carbons (Fsp3) is 0.105. The van der Waals surface area contributed by atoms with Crippen molar-refractivity contribution >= 4 is 11.6 Å². The molecule has 2 N–H and O–H groups in total. The Kier molecular flexibility index (Phi) is 5.14. The summed E-state index contributed by atoms with van der Waals surface area (Å²) in [5, 5.41) is 6.08. The van der Waals surface area contributed by atoms with Gasteiger partial charge < -0.3 is 10.6 Å². The van der Waals surface area contributed by atoms with E-state index in [2.05, 4.69) is 20.6 Å². The number of anilines is 1. The monoisotopic (exact) mass is 318 g/mol. The molecule has 2 aromatic carbocycles. The second-order valence-electron chi connectivity index (χ2n) is 5.21. The minimum atomic E-state index is -0.176. The molecule has 0 atom stereocenters. The summed E-state index contributed by atoms with van der Waals surface area (Å²) >= 11 is 0. The van der Waals surface area contributed by atoms with Crippen molar-refractivity contribution in [2.75, 3.05) is 18.4 Å². The molecule has 0 fully saturated rings. The van der Waals surface area contributed by atoms with Crippen LogP contribution in [0.15, 0.2) is 73.1 Å². The van der Waals surface area contributed by atoms with Gasteiger partial charge in [-0.1, -0.05) is 48.5 Å². The van der Waals surface area contributed by atoms with E-state index in [9.17, 15) is 4.79 Å². The first-order valence-corrected chi connectivity index (χ1v) is 7.77. The number of carbonyl (C=O) groups is 1. The SMILES string of the molecule is O=C(NCCNc1ccccc1)c1cnc(-c2ccccc2)nc1. The number of para-hydroxylation sites is 1. The van der Waals surface area contributed by atoms with E-state index in [1.54, 1.807) is 12.4 Å². The highest BCUT2D eigenvalue weighted by Crippen LogP contribution is 2.13. The topological polar surface area (TPSA) is 66.9 Å². The molecule has 1 amide bonds. The van der Waals surface area contributed by atoms with Gasteiger partial charge in [-0.05, 0) is 12.1 Å². The molecule has 0 aliphatic heterocycles. The summed E-state index contributed by atoms with van der Waals surface area (Å²) in [7, 11) is 0. The van der Waals surface area contributed by atoms with E-state index >= 15 is 0 Å². The minimum absolute atomic E-state index is 0.176. The highest BCUT2D eigenvalue weighted by molar-refractivity contribution is 5.93. The van der Waals surface area contributed by atoms with Gasteiger partial charge in [0.25, 0.3) is 5.91 Å². The van der Waals surface area contributed by atoms with Gasteiger partial charge in [-0.25, -0.2) is 9.97 Å². The maximum atomic E-state index is 12.1. The number of benzene rings is 2. The van der Waals surface area contributed by atoms with Crippen LogP contribution in [0.5, 0.6) is 0 Å². The Bertz CT molecular complexity index is 773. The number of rotatable bonds is 6. The van der Waals surface area contributed by atoms with Crippen molar-refractivity contribution in [3.8, 4) is 11.4 Å². The maximum absolute atomic E-state index is 12.1. The normalized spacial score (nSPS) is 10.2. The zero-order chi connectivity index (χ0) is 16.6. The van der Waals surface area contributed by atoms with Crippen LogP contribution in [0.3, 0.4) is 0 Å². The van der Waals surface area contributed by atoms with Gasteiger partial charge in [0.15, 0.2) is 5.82 Å². The van der Waals surface area contributed by atoms with E-state index in [0.29, 0.717) is 24.5 Å². The Morgan fingerprint density at radius 3 is 2.12 bits per heavy atom. The highest BCUT2D eigenvalue weighted by atomic mass is 16.1. The van der Waals surface area contributed by atoms with Crippen molar-refractivity contribution in [3.05, 3.63) is 78.6 Å². The van der Waals surface area contributed by atoms with Crippen molar-refractivity contribution in [2.24, 2.45) is 0 Å². The third-order valence-electron chi connectivity index (χ3n) is 3.46. The third-order valence-corrected chi connectivity index (χ3v) is 3.46. The fourth-order valence-electron chi connectivity index (χ4n) is 2.22. The molecule has 0 aliphatic rings. The van der Waals surface area contributed by atoms with E-state index in [1.807, 2.05) is 60.7 Å². The Labute approximate surface area is 140 Å². The van der Waals surface area contributed by atoms with Gasteiger partial charge in [0, 0.05) is 36.7 Å². The lowest BCUT2D eigenvalue weighted by Gasteiger charge is -2.08. The van der Waals surface area contributed by atoms with Crippen LogP contribution < -0.4 is 10.6 Å². The second kappa shape index (κ2) is 7.87. The number of nitrogens with one attached hydrogen (secondary N) is 2. The Hall–Kier alpha value is -3.21. The molecule has 0 spiro atoms. The molecule has 0 saturated heterocycles. The van der Waals surface area contributed by atoms with Crippen LogP contribution in [0.25, 0.3) is 11.4 Å². The van der Waals surface area contributed by atoms with Crippen molar-refractivity contribution in [2.45, 2.75) is 0 Å². The quantitative estimate of drug-likeness (QED) is 0.686. The zero-order valence-corrected chi connectivity index (χ0v) is 13.1. The van der Waals surface area contributed by atoms with Gasteiger partial charge in [0.2, 0.25) is 0 Å². The lowest BCUT2D eigenvalue weighted by atomic mass is 10.2. The van der Waals surface area contributed by atoms with Crippen LogP contribution in [0, 0.1) is 0 Å². The first kappa shape index (κ1) is 15.7. The van der Waals surface area contributed by atoms with Gasteiger partial charge in [-0.3, -0.25) is 4.79 Å². The van der Waals surface area contributed by atoms with Crippen LogP contribution in [-0.4, -0.2) is 29.0 Å². The number of aromatic nitrogens is 2. The molecule has 0 saturated carbocycles. The molecular formula is C19H18N4O. The summed E-state index contributed by atoms with van der Waals surface area (Å²) < 4.78 is 0. The van der Waals surface area contributed by atoms with E-state index in [4.69, 9.17) is 0 Å². The summed E-state index contributed by atoms with van der Waals surface area (Å²) in [6, 6.07) is 19.5. The Morgan fingerprint density at radius 2 is 1.46 bits per heavy atom. The van der Waals surface area contributed by atoms with Crippen LogP contribution in [0.4, 0.5) is 5.69 Å². The Balaban J connectivity index is 1.50. The lowest BCUT2D eigenvalue weighted by molar-refractivity contribution is 0.0954. The predicted molar refractivity (Wildman–Crippen MR) is 94.7 cm³/mol. The van der Waals surface area contributed by atoms with Crippen LogP contribution >= 0.6 is 0 Å². The number of nitrogens with zero attached hydrogens (tertiary/aromatic N) is 2. The highest BCUT2D eigenvalue weighted by Gasteiger charge is 2.07. The molecule has 3 rings (SSSR count). The van der Waals surface area contributed by atoms with Crippen molar-refractivity contribution < 1.29 is 4.79 Å². The van der Waals surface area contributed by atoms with Crippen LogP contribution in [-0.2, 0) is 0 Å². The van der Waals surface area contributed by atoms with Crippen LogP contribution in [0.1, 0.15) is 10.4 Å². The van der Waals surface area contributed by atoms with E-state index in [1.165, 1.54) is 0 Å². The van der Waals surface area contributed by atoms with E-state index < -0.39 is 0 Å². The van der Waals surface area contributed by atoms with Gasteiger partial charge in [0.05, 0.1) is 5.56 Å². The lowest BCUT2D eigenvalue weighted by Crippen LogP contribution is -2.29. The molecule has 5 heteroatoms. The molecule has 0 aliphatic carbocycles. The summed E-state index contributed by atoms with van der Waals surface area (Å²) in [4.78, 5) is 20.6. The average Bonchev–Trinajstić information content (AvgIpc) is 2.67. The smallest absolute Gasteiger partial charge is 0.254 e. The summed E-state index contributed by atoms with van der Waals surface area (Å²) in [6.45, 7) is 1.17. The first-order valence-electron chi connectivity index (χ1n) is 7.77. The molecule has 0 radical (unpaired) electrons. The molecule has 1 heterocycles. The predicted octanol–water partition coefficient (Wildman–Crippen LogP) is 2.99. The largest absolute Gasteiger partial charge is 0.383 e. The Morgan fingerprint density at radius 1 is 0.833 bits per heavy atom. The minimum Gasteiger partial charge on any atom is -0.383 e. The van der Waals surface area contributed by atoms with Crippen molar-refractivity contribution in [3.63, 3.8) is 0 Å². The molecule has 0 unspecified atom stereocenters. The summed E-state index contributed by atoms with van der Waals surface area (Å²) in [5.41, 5.74) is 2.41. The molecule has 0 bridgehead atoms. The summed E-state index contributed by atoms with van der Waals surface area (Å²) in [5.74, 6) is 0.433. The molecule has 24 heavy (non-hydrogen) atoms.